The van der Waals surface area contributed by atoms with Crippen molar-refractivity contribution >= 4 is 5.84 Å². The lowest BCUT2D eigenvalue weighted by Gasteiger charge is -2.38. The minimum atomic E-state index is 0.779. The third kappa shape index (κ3) is 1.79. The summed E-state index contributed by atoms with van der Waals surface area (Å²) in [6.07, 6.45) is 8.50. The van der Waals surface area contributed by atoms with Gasteiger partial charge in [0.05, 0.1) is 0 Å². The number of hydrogen-bond donors (Lipinski definition) is 0. The Kier molecular flexibility index (Phi) is 3.09. The highest BCUT2D eigenvalue weighted by atomic mass is 15.2. The third-order valence-electron chi connectivity index (χ3n) is 3.95. The zero-order valence-electron chi connectivity index (χ0n) is 9.50. The van der Waals surface area contributed by atoms with Crippen molar-refractivity contribution in [1.82, 2.24) is 4.90 Å². The number of likely N-dealkylation sites (tertiary alicyclic amines) is 1. The molecule has 0 aromatic heterocycles. The van der Waals surface area contributed by atoms with E-state index in [0.717, 1.165) is 11.8 Å². The highest BCUT2D eigenvalue weighted by molar-refractivity contribution is 5.85. The fourth-order valence-electron chi connectivity index (χ4n) is 3.16. The Bertz CT molecular complexity index is 222. The van der Waals surface area contributed by atoms with Gasteiger partial charge in [0, 0.05) is 26.6 Å². The first-order valence-corrected chi connectivity index (χ1v) is 6.00. The Hall–Kier alpha value is -0.530. The van der Waals surface area contributed by atoms with Gasteiger partial charge in [-0.25, -0.2) is 0 Å². The summed E-state index contributed by atoms with van der Waals surface area (Å²) in [6.45, 7) is 1.22. The Morgan fingerprint density at radius 1 is 1.14 bits per heavy atom. The number of amidine groups is 1. The largest absolute Gasteiger partial charge is 0.363 e. The molecular formula is C12H22N2. The topological polar surface area (TPSA) is 15.6 Å². The molecule has 2 unspecified atom stereocenters. The normalized spacial score (nSPS) is 36.7. The number of rotatable bonds is 0. The summed E-state index contributed by atoms with van der Waals surface area (Å²) in [7, 11) is 4.16. The average molecular weight is 194 g/mol. The number of piperidine rings is 1. The van der Waals surface area contributed by atoms with Gasteiger partial charge in [0.15, 0.2) is 0 Å². The van der Waals surface area contributed by atoms with E-state index in [1.54, 1.807) is 0 Å². The predicted molar refractivity (Wildman–Crippen MR) is 60.7 cm³/mol. The van der Waals surface area contributed by atoms with Crippen molar-refractivity contribution in [2.24, 2.45) is 16.8 Å². The van der Waals surface area contributed by atoms with Crippen molar-refractivity contribution in [3.05, 3.63) is 0 Å². The fraction of sp³-hybridized carbons (Fsp3) is 0.917. The second kappa shape index (κ2) is 4.33. The van der Waals surface area contributed by atoms with Crippen molar-refractivity contribution in [2.45, 2.75) is 38.5 Å². The summed E-state index contributed by atoms with van der Waals surface area (Å²) in [5.41, 5.74) is 0. The van der Waals surface area contributed by atoms with Crippen molar-refractivity contribution < 1.29 is 0 Å². The summed E-state index contributed by atoms with van der Waals surface area (Å²) in [5, 5.41) is 0. The zero-order valence-corrected chi connectivity index (χ0v) is 9.50. The van der Waals surface area contributed by atoms with Crippen LogP contribution in [0.4, 0.5) is 0 Å². The monoisotopic (exact) mass is 194 g/mol. The van der Waals surface area contributed by atoms with Crippen LogP contribution < -0.4 is 0 Å². The van der Waals surface area contributed by atoms with Gasteiger partial charge < -0.3 is 4.90 Å². The standard InChI is InChI=1S/C12H22N2/c1-13-12-11-7-5-3-4-6-10(11)8-9-14(12)2/h10-11H,3-9H2,1-2H3/b13-12+. The van der Waals surface area contributed by atoms with Crippen molar-refractivity contribution in [3.8, 4) is 0 Å². The predicted octanol–water partition coefficient (Wildman–Crippen LogP) is 2.55. The van der Waals surface area contributed by atoms with E-state index < -0.39 is 0 Å². The fourth-order valence-corrected chi connectivity index (χ4v) is 3.16. The van der Waals surface area contributed by atoms with Gasteiger partial charge in [0.2, 0.25) is 0 Å². The molecule has 0 aromatic rings. The van der Waals surface area contributed by atoms with Crippen molar-refractivity contribution in [1.29, 1.82) is 0 Å². The SMILES string of the molecule is C/N=C1\C2CCCCCC2CCN1C. The Morgan fingerprint density at radius 3 is 2.71 bits per heavy atom. The van der Waals surface area contributed by atoms with E-state index in [4.69, 9.17) is 0 Å². The third-order valence-corrected chi connectivity index (χ3v) is 3.95. The molecule has 2 atom stereocenters. The average Bonchev–Trinajstić information content (AvgIpc) is 2.42. The van der Waals surface area contributed by atoms with Crippen LogP contribution in [-0.2, 0) is 0 Å². The van der Waals surface area contributed by atoms with Crippen LogP contribution in [0.2, 0.25) is 0 Å². The highest BCUT2D eigenvalue weighted by Crippen LogP contribution is 2.35. The van der Waals surface area contributed by atoms with E-state index in [9.17, 15) is 0 Å². The lowest BCUT2D eigenvalue weighted by Crippen LogP contribution is -2.43. The molecule has 1 saturated heterocycles. The molecule has 1 saturated carbocycles. The van der Waals surface area contributed by atoms with Crippen molar-refractivity contribution in [3.63, 3.8) is 0 Å². The molecule has 1 aliphatic carbocycles. The molecule has 2 nitrogen and oxygen atoms in total. The van der Waals surface area contributed by atoms with Gasteiger partial charge in [-0.15, -0.1) is 0 Å². The number of aliphatic imine (C=N–C) groups is 1. The van der Waals surface area contributed by atoms with Gasteiger partial charge in [-0.3, -0.25) is 4.99 Å². The van der Waals surface area contributed by atoms with E-state index in [-0.39, 0.29) is 0 Å². The molecule has 14 heavy (non-hydrogen) atoms. The maximum absolute atomic E-state index is 4.50. The van der Waals surface area contributed by atoms with Crippen LogP contribution in [0.25, 0.3) is 0 Å². The summed E-state index contributed by atoms with van der Waals surface area (Å²) in [6, 6.07) is 0. The van der Waals surface area contributed by atoms with Crippen molar-refractivity contribution in [2.75, 3.05) is 20.6 Å². The Labute approximate surface area is 87.4 Å². The molecule has 2 fully saturated rings. The minimum Gasteiger partial charge on any atom is -0.363 e. The van der Waals surface area contributed by atoms with E-state index in [0.29, 0.717) is 0 Å². The quantitative estimate of drug-likeness (QED) is 0.578. The van der Waals surface area contributed by atoms with Gasteiger partial charge >= 0.3 is 0 Å². The van der Waals surface area contributed by atoms with Crippen LogP contribution in [0.5, 0.6) is 0 Å². The molecule has 0 spiro atoms. The van der Waals surface area contributed by atoms with Crippen LogP contribution in [0.3, 0.4) is 0 Å². The molecule has 0 aromatic carbocycles. The summed E-state index contributed by atoms with van der Waals surface area (Å²) in [5.74, 6) is 3.09. The highest BCUT2D eigenvalue weighted by Gasteiger charge is 2.33. The van der Waals surface area contributed by atoms with Crippen LogP contribution >= 0.6 is 0 Å². The van der Waals surface area contributed by atoms with Gasteiger partial charge in [-0.1, -0.05) is 19.3 Å². The van der Waals surface area contributed by atoms with Gasteiger partial charge in [0.1, 0.15) is 5.84 Å². The smallest absolute Gasteiger partial charge is 0.102 e. The minimum absolute atomic E-state index is 0.779. The second-order valence-corrected chi connectivity index (χ2v) is 4.80. The molecule has 80 valence electrons. The Morgan fingerprint density at radius 2 is 1.93 bits per heavy atom. The molecule has 0 radical (unpaired) electrons. The molecule has 2 heteroatoms. The second-order valence-electron chi connectivity index (χ2n) is 4.80. The molecule has 2 rings (SSSR count). The van der Waals surface area contributed by atoms with E-state index >= 15 is 0 Å². The maximum Gasteiger partial charge on any atom is 0.102 e. The van der Waals surface area contributed by atoms with E-state index in [2.05, 4.69) is 16.9 Å². The van der Waals surface area contributed by atoms with E-state index in [1.807, 2.05) is 7.05 Å². The van der Waals surface area contributed by atoms with Gasteiger partial charge in [-0.2, -0.15) is 0 Å². The summed E-state index contributed by atoms with van der Waals surface area (Å²) < 4.78 is 0. The van der Waals surface area contributed by atoms with Crippen LogP contribution in [0.1, 0.15) is 38.5 Å². The molecule has 0 bridgehead atoms. The first-order chi connectivity index (χ1) is 6.83. The molecule has 0 N–H and O–H groups in total. The summed E-state index contributed by atoms with van der Waals surface area (Å²) in [4.78, 5) is 6.86. The summed E-state index contributed by atoms with van der Waals surface area (Å²) >= 11 is 0. The van der Waals surface area contributed by atoms with Crippen LogP contribution in [0, 0.1) is 11.8 Å². The van der Waals surface area contributed by atoms with Crippen LogP contribution in [-0.4, -0.2) is 31.4 Å². The zero-order chi connectivity index (χ0) is 9.97. The lowest BCUT2D eigenvalue weighted by atomic mass is 9.81. The number of fused-ring (bicyclic) bond motifs is 1. The number of nitrogens with zero attached hydrogens (tertiary/aromatic N) is 2. The molecule has 2 aliphatic rings. The first kappa shape index (κ1) is 10.0. The molecular weight excluding hydrogens is 172 g/mol. The first-order valence-electron chi connectivity index (χ1n) is 6.00. The van der Waals surface area contributed by atoms with Crippen LogP contribution in [0.15, 0.2) is 4.99 Å². The van der Waals surface area contributed by atoms with Gasteiger partial charge in [-0.05, 0) is 25.2 Å². The van der Waals surface area contributed by atoms with E-state index in [1.165, 1.54) is 50.9 Å². The molecule has 0 amide bonds. The number of hydrogen-bond acceptors (Lipinski definition) is 1. The lowest BCUT2D eigenvalue weighted by molar-refractivity contribution is 0.266. The van der Waals surface area contributed by atoms with Gasteiger partial charge in [0.25, 0.3) is 0 Å². The Balaban J connectivity index is 2.14. The molecule has 1 aliphatic heterocycles. The molecule has 1 heterocycles. The maximum atomic E-state index is 4.50.